The molecule has 1 aromatic heterocycles. The van der Waals surface area contributed by atoms with E-state index in [0.29, 0.717) is 30.2 Å². The van der Waals surface area contributed by atoms with Gasteiger partial charge in [-0.15, -0.1) is 0 Å². The molecule has 1 aromatic carbocycles. The average Bonchev–Trinajstić information content (AvgIpc) is 3.28. The van der Waals surface area contributed by atoms with Gasteiger partial charge >= 0.3 is 0 Å². The maximum Gasteiger partial charge on any atom is 0.237 e. The highest BCUT2D eigenvalue weighted by molar-refractivity contribution is 6.30. The van der Waals surface area contributed by atoms with E-state index in [0.717, 1.165) is 5.56 Å². The summed E-state index contributed by atoms with van der Waals surface area (Å²) < 4.78 is 4.95. The van der Waals surface area contributed by atoms with Crippen LogP contribution in [0.15, 0.2) is 34.9 Å². The van der Waals surface area contributed by atoms with Crippen LogP contribution in [0.1, 0.15) is 29.5 Å². The lowest BCUT2D eigenvalue weighted by atomic mass is 9.95. The van der Waals surface area contributed by atoms with E-state index >= 15 is 0 Å². The van der Waals surface area contributed by atoms with Crippen molar-refractivity contribution in [3.05, 3.63) is 52.4 Å². The zero-order chi connectivity index (χ0) is 18.7. The fraction of sp³-hybridized carbons (Fsp3) is 0.389. The van der Waals surface area contributed by atoms with Gasteiger partial charge in [-0.25, -0.2) is 0 Å². The number of aromatic nitrogens is 1. The Morgan fingerprint density at radius 2 is 2.27 bits per heavy atom. The molecule has 1 saturated heterocycles. The number of nitrogens with one attached hydrogen (secondary N) is 2. The normalized spacial score (nSPS) is 20.7. The molecule has 0 saturated carbocycles. The average molecular weight is 378 g/mol. The number of carbonyl (C=O) groups is 2. The molecule has 0 bridgehead atoms. The number of ketones is 1. The Morgan fingerprint density at radius 3 is 2.96 bits per heavy atom. The number of hydrogen-bond acceptors (Lipinski definition) is 6. The van der Waals surface area contributed by atoms with Crippen molar-refractivity contribution in [2.24, 2.45) is 5.92 Å². The molecular formula is C18H20ClN3O4. The van der Waals surface area contributed by atoms with Crippen molar-refractivity contribution in [3.8, 4) is 0 Å². The van der Waals surface area contributed by atoms with Crippen LogP contribution >= 0.6 is 11.6 Å². The van der Waals surface area contributed by atoms with Gasteiger partial charge in [-0.05, 0) is 31.0 Å². The summed E-state index contributed by atoms with van der Waals surface area (Å²) >= 11 is 5.92. The van der Waals surface area contributed by atoms with E-state index in [9.17, 15) is 14.7 Å². The van der Waals surface area contributed by atoms with E-state index in [4.69, 9.17) is 16.1 Å². The van der Waals surface area contributed by atoms with Crippen LogP contribution in [0.5, 0.6) is 0 Å². The van der Waals surface area contributed by atoms with Crippen LogP contribution in [0.2, 0.25) is 5.02 Å². The predicted octanol–water partition coefficient (Wildman–Crippen LogP) is 1.53. The Morgan fingerprint density at radius 1 is 1.46 bits per heavy atom. The molecule has 1 amide bonds. The molecule has 3 N–H and O–H groups in total. The number of aliphatic hydroxyl groups is 1. The number of halogens is 1. The molecule has 1 unspecified atom stereocenters. The quantitative estimate of drug-likeness (QED) is 0.705. The summed E-state index contributed by atoms with van der Waals surface area (Å²) in [7, 11) is 0. The zero-order valence-corrected chi connectivity index (χ0v) is 15.0. The Kier molecular flexibility index (Phi) is 5.70. The molecule has 2 heterocycles. The minimum Gasteiger partial charge on any atom is -0.377 e. The van der Waals surface area contributed by atoms with Gasteiger partial charge in [0.1, 0.15) is 0 Å². The first-order valence-corrected chi connectivity index (χ1v) is 8.72. The minimum atomic E-state index is -1.36. The van der Waals surface area contributed by atoms with Crippen molar-refractivity contribution in [3.63, 3.8) is 0 Å². The highest BCUT2D eigenvalue weighted by Gasteiger charge is 2.37. The van der Waals surface area contributed by atoms with Crippen molar-refractivity contribution < 1.29 is 19.2 Å². The van der Waals surface area contributed by atoms with Gasteiger partial charge in [0.15, 0.2) is 17.6 Å². The number of hydrogen-bond donors (Lipinski definition) is 3. The first-order chi connectivity index (χ1) is 12.4. The number of aliphatic hydroxyl groups excluding tert-OH is 1. The molecule has 26 heavy (non-hydrogen) atoms. The number of benzene rings is 1. The van der Waals surface area contributed by atoms with Gasteiger partial charge < -0.3 is 20.3 Å². The minimum absolute atomic E-state index is 0.126. The van der Waals surface area contributed by atoms with E-state index in [-0.39, 0.29) is 17.5 Å². The third-order valence-electron chi connectivity index (χ3n) is 4.39. The second kappa shape index (κ2) is 7.99. The molecule has 1 fully saturated rings. The number of nitrogens with zero attached hydrogens (tertiary/aromatic N) is 1. The smallest absolute Gasteiger partial charge is 0.237 e. The topological polar surface area (TPSA) is 104 Å². The zero-order valence-electron chi connectivity index (χ0n) is 14.2. The fourth-order valence-corrected chi connectivity index (χ4v) is 3.20. The highest BCUT2D eigenvalue weighted by atomic mass is 35.5. The Balaban J connectivity index is 1.52. The van der Waals surface area contributed by atoms with Gasteiger partial charge in [0, 0.05) is 30.1 Å². The standard InChI is InChI=1S/C18H20ClN3O4/c1-10-5-15(26-22-10)17(24)16(23)12-7-14(20-9-12)18(25)21-8-11-3-2-4-13(19)6-11/h2-6,12,14,17,20,24H,7-9H2,1H3,(H,21,25)/t12-,14+,17?/m1/s1. The lowest BCUT2D eigenvalue weighted by Gasteiger charge is -2.13. The second-order valence-corrected chi connectivity index (χ2v) is 6.85. The van der Waals surface area contributed by atoms with Crippen molar-refractivity contribution >= 4 is 23.3 Å². The van der Waals surface area contributed by atoms with E-state index in [2.05, 4.69) is 15.8 Å². The number of amides is 1. The largest absolute Gasteiger partial charge is 0.377 e. The molecule has 0 aliphatic carbocycles. The number of carbonyl (C=O) groups excluding carboxylic acids is 2. The van der Waals surface area contributed by atoms with Crippen molar-refractivity contribution in [2.75, 3.05) is 6.54 Å². The van der Waals surface area contributed by atoms with Crippen molar-refractivity contribution in [2.45, 2.75) is 32.0 Å². The van der Waals surface area contributed by atoms with E-state index in [1.165, 1.54) is 6.07 Å². The fourth-order valence-electron chi connectivity index (χ4n) is 2.99. The van der Waals surface area contributed by atoms with Gasteiger partial charge in [0.05, 0.1) is 11.7 Å². The van der Waals surface area contributed by atoms with Crippen LogP contribution in [-0.2, 0) is 16.1 Å². The predicted molar refractivity (Wildman–Crippen MR) is 94.4 cm³/mol. The van der Waals surface area contributed by atoms with E-state index < -0.39 is 18.1 Å². The first kappa shape index (κ1) is 18.6. The van der Waals surface area contributed by atoms with E-state index in [1.807, 2.05) is 12.1 Å². The molecular weight excluding hydrogens is 358 g/mol. The van der Waals surface area contributed by atoms with Crippen LogP contribution in [0.25, 0.3) is 0 Å². The van der Waals surface area contributed by atoms with Crippen LogP contribution in [0, 0.1) is 12.8 Å². The summed E-state index contributed by atoms with van der Waals surface area (Å²) in [6, 6.07) is 8.29. The highest BCUT2D eigenvalue weighted by Crippen LogP contribution is 2.24. The third kappa shape index (κ3) is 4.30. The van der Waals surface area contributed by atoms with Gasteiger partial charge in [-0.3, -0.25) is 9.59 Å². The molecule has 7 nitrogen and oxygen atoms in total. The molecule has 2 aromatic rings. The molecule has 3 atom stereocenters. The van der Waals surface area contributed by atoms with Gasteiger partial charge in [-0.1, -0.05) is 28.9 Å². The lowest BCUT2D eigenvalue weighted by molar-refractivity contribution is -0.132. The lowest BCUT2D eigenvalue weighted by Crippen LogP contribution is -2.39. The summed E-state index contributed by atoms with van der Waals surface area (Å²) in [6.45, 7) is 2.40. The molecule has 0 radical (unpaired) electrons. The summed E-state index contributed by atoms with van der Waals surface area (Å²) in [5.41, 5.74) is 1.49. The van der Waals surface area contributed by atoms with Gasteiger partial charge in [0.2, 0.25) is 5.91 Å². The Hall–Kier alpha value is -2.22. The summed E-state index contributed by atoms with van der Waals surface area (Å²) in [6.07, 6.45) is -1.04. The molecule has 1 aliphatic rings. The molecule has 3 rings (SSSR count). The van der Waals surface area contributed by atoms with Crippen LogP contribution < -0.4 is 10.6 Å². The number of rotatable bonds is 6. The number of aryl methyl sites for hydroxylation is 1. The molecule has 138 valence electrons. The maximum absolute atomic E-state index is 12.4. The van der Waals surface area contributed by atoms with Gasteiger partial charge in [-0.2, -0.15) is 0 Å². The molecule has 8 heteroatoms. The van der Waals surface area contributed by atoms with Crippen molar-refractivity contribution in [1.82, 2.24) is 15.8 Å². The summed E-state index contributed by atoms with van der Waals surface area (Å²) in [5.74, 6) is -0.900. The number of Topliss-reactive ketones (excluding diaryl/α,β-unsaturated/α-hetero) is 1. The SMILES string of the molecule is Cc1cc(C(O)C(=O)[C@H]2CN[C@H](C(=O)NCc3cccc(Cl)c3)C2)on1. The van der Waals surface area contributed by atoms with Crippen LogP contribution in [-0.4, -0.2) is 34.5 Å². The molecule has 1 aliphatic heterocycles. The van der Waals surface area contributed by atoms with Gasteiger partial charge in [0.25, 0.3) is 0 Å². The summed E-state index contributed by atoms with van der Waals surface area (Å²) in [5, 5.41) is 20.3. The van der Waals surface area contributed by atoms with Crippen molar-refractivity contribution in [1.29, 1.82) is 0 Å². The summed E-state index contributed by atoms with van der Waals surface area (Å²) in [4.78, 5) is 24.7. The molecule has 0 spiro atoms. The van der Waals surface area contributed by atoms with E-state index in [1.54, 1.807) is 19.1 Å². The maximum atomic E-state index is 12.4. The first-order valence-electron chi connectivity index (χ1n) is 8.34. The second-order valence-electron chi connectivity index (χ2n) is 6.42. The Bertz CT molecular complexity index is 807. The van der Waals surface area contributed by atoms with Crippen LogP contribution in [0.4, 0.5) is 0 Å². The van der Waals surface area contributed by atoms with Crippen LogP contribution in [0.3, 0.4) is 0 Å². The third-order valence-corrected chi connectivity index (χ3v) is 4.63. The Labute approximate surface area is 155 Å². The monoisotopic (exact) mass is 377 g/mol.